The van der Waals surface area contributed by atoms with Crippen molar-refractivity contribution in [1.82, 2.24) is 4.90 Å². The third-order valence-electron chi connectivity index (χ3n) is 4.90. The lowest BCUT2D eigenvalue weighted by Gasteiger charge is -2.29. The molecule has 0 saturated carbocycles. The van der Waals surface area contributed by atoms with Crippen LogP contribution in [-0.2, 0) is 33.7 Å². The Hall–Kier alpha value is -3.02. The van der Waals surface area contributed by atoms with Gasteiger partial charge < -0.3 is 19.1 Å². The second-order valence-corrected chi connectivity index (χ2v) is 6.86. The molecule has 1 aliphatic heterocycles. The van der Waals surface area contributed by atoms with E-state index in [-0.39, 0.29) is 18.9 Å². The van der Waals surface area contributed by atoms with Crippen LogP contribution in [0.15, 0.2) is 36.4 Å². The summed E-state index contributed by atoms with van der Waals surface area (Å²) in [6.07, 6.45) is 0.881. The lowest BCUT2D eigenvalue weighted by Crippen LogP contribution is -2.38. The van der Waals surface area contributed by atoms with Gasteiger partial charge in [-0.1, -0.05) is 29.8 Å². The number of ether oxygens (including phenoxy) is 3. The van der Waals surface area contributed by atoms with Crippen LogP contribution >= 0.6 is 0 Å². The summed E-state index contributed by atoms with van der Waals surface area (Å²) < 4.78 is 15.9. The molecule has 0 radical (unpaired) electrons. The quantitative estimate of drug-likeness (QED) is 0.718. The molecule has 0 atom stereocenters. The molecule has 6 nitrogen and oxygen atoms in total. The molecule has 0 unspecified atom stereocenters. The smallest absolute Gasteiger partial charge is 0.310 e. The SMILES string of the molecule is COc1cc2c(cc1OC)CN(C(=O)COC(=O)Cc1ccc(C)cc1)CC2. The van der Waals surface area contributed by atoms with Gasteiger partial charge in [0, 0.05) is 13.1 Å². The number of fused-ring (bicyclic) bond motifs is 1. The Labute approximate surface area is 165 Å². The van der Waals surface area contributed by atoms with Crippen molar-refractivity contribution in [2.75, 3.05) is 27.4 Å². The number of amides is 1. The van der Waals surface area contributed by atoms with Crippen LogP contribution < -0.4 is 9.47 Å². The van der Waals surface area contributed by atoms with Gasteiger partial charge in [0.1, 0.15) is 0 Å². The molecule has 0 aliphatic carbocycles. The fourth-order valence-electron chi connectivity index (χ4n) is 3.25. The Balaban J connectivity index is 1.55. The summed E-state index contributed by atoms with van der Waals surface area (Å²) in [5, 5.41) is 0. The maximum atomic E-state index is 12.5. The van der Waals surface area contributed by atoms with Crippen molar-refractivity contribution in [1.29, 1.82) is 0 Å². The molecule has 1 heterocycles. The third kappa shape index (κ3) is 4.63. The van der Waals surface area contributed by atoms with Crippen molar-refractivity contribution in [2.24, 2.45) is 0 Å². The van der Waals surface area contributed by atoms with E-state index >= 15 is 0 Å². The van der Waals surface area contributed by atoms with Gasteiger partial charge in [-0.25, -0.2) is 0 Å². The van der Waals surface area contributed by atoms with Crippen LogP contribution in [0, 0.1) is 6.92 Å². The van der Waals surface area contributed by atoms with Crippen molar-refractivity contribution in [3.63, 3.8) is 0 Å². The summed E-state index contributed by atoms with van der Waals surface area (Å²) in [6.45, 7) is 2.79. The number of benzene rings is 2. The van der Waals surface area contributed by atoms with Crippen LogP contribution in [0.25, 0.3) is 0 Å². The van der Waals surface area contributed by atoms with E-state index in [4.69, 9.17) is 14.2 Å². The van der Waals surface area contributed by atoms with E-state index in [1.165, 1.54) is 0 Å². The molecule has 1 amide bonds. The first-order chi connectivity index (χ1) is 13.5. The van der Waals surface area contributed by atoms with E-state index in [0.717, 1.165) is 28.7 Å². The lowest BCUT2D eigenvalue weighted by atomic mass is 9.99. The van der Waals surface area contributed by atoms with Gasteiger partial charge in [-0.15, -0.1) is 0 Å². The average Bonchev–Trinajstić information content (AvgIpc) is 2.72. The Morgan fingerprint density at radius 1 is 1.00 bits per heavy atom. The van der Waals surface area contributed by atoms with Crippen LogP contribution in [0.1, 0.15) is 22.3 Å². The fourth-order valence-corrected chi connectivity index (χ4v) is 3.25. The molecule has 3 rings (SSSR count). The Morgan fingerprint density at radius 2 is 1.64 bits per heavy atom. The normalized spacial score (nSPS) is 12.9. The first-order valence-electron chi connectivity index (χ1n) is 9.23. The Bertz CT molecular complexity index is 860. The molecule has 1 aliphatic rings. The Kier molecular flexibility index (Phi) is 6.19. The van der Waals surface area contributed by atoms with E-state index < -0.39 is 5.97 Å². The van der Waals surface area contributed by atoms with Crippen molar-refractivity contribution >= 4 is 11.9 Å². The first-order valence-corrected chi connectivity index (χ1v) is 9.23. The van der Waals surface area contributed by atoms with Gasteiger partial charge in [0.2, 0.25) is 0 Å². The number of hydrogen-bond acceptors (Lipinski definition) is 5. The minimum Gasteiger partial charge on any atom is -0.493 e. The van der Waals surface area contributed by atoms with Crippen molar-refractivity contribution in [3.8, 4) is 11.5 Å². The van der Waals surface area contributed by atoms with Gasteiger partial charge in [0.15, 0.2) is 18.1 Å². The number of aryl methyl sites for hydroxylation is 1. The van der Waals surface area contributed by atoms with Crippen molar-refractivity contribution in [2.45, 2.75) is 26.3 Å². The van der Waals surface area contributed by atoms with Crippen LogP contribution in [0.2, 0.25) is 0 Å². The highest BCUT2D eigenvalue weighted by Crippen LogP contribution is 2.33. The number of esters is 1. The summed E-state index contributed by atoms with van der Waals surface area (Å²) in [4.78, 5) is 26.2. The zero-order valence-corrected chi connectivity index (χ0v) is 16.5. The molecule has 2 aromatic carbocycles. The maximum absolute atomic E-state index is 12.5. The second-order valence-electron chi connectivity index (χ2n) is 6.86. The standard InChI is InChI=1S/C22H25NO5/c1-15-4-6-16(7-5-15)10-22(25)28-14-21(24)23-9-8-17-11-19(26-2)20(27-3)12-18(17)13-23/h4-7,11-12H,8-10,13-14H2,1-3H3. The predicted molar refractivity (Wildman–Crippen MR) is 105 cm³/mol. The van der Waals surface area contributed by atoms with Crippen LogP contribution in [0.4, 0.5) is 0 Å². The number of hydrogen-bond donors (Lipinski definition) is 0. The number of rotatable bonds is 6. The summed E-state index contributed by atoms with van der Waals surface area (Å²) >= 11 is 0. The molecule has 28 heavy (non-hydrogen) atoms. The van der Waals surface area contributed by atoms with Gasteiger partial charge in [0.05, 0.1) is 20.6 Å². The van der Waals surface area contributed by atoms with E-state index in [2.05, 4.69) is 0 Å². The molecular formula is C22H25NO5. The summed E-state index contributed by atoms with van der Waals surface area (Å²) in [5.41, 5.74) is 4.16. The number of nitrogens with zero attached hydrogens (tertiary/aromatic N) is 1. The molecule has 0 fully saturated rings. The molecule has 0 bridgehead atoms. The van der Waals surface area contributed by atoms with Gasteiger partial charge in [0.25, 0.3) is 5.91 Å². The third-order valence-corrected chi connectivity index (χ3v) is 4.90. The lowest BCUT2D eigenvalue weighted by molar-refractivity contribution is -0.151. The van der Waals surface area contributed by atoms with Gasteiger partial charge in [-0.3, -0.25) is 9.59 Å². The number of carbonyl (C=O) groups is 2. The van der Waals surface area contributed by atoms with E-state index in [1.807, 2.05) is 43.3 Å². The zero-order valence-electron chi connectivity index (χ0n) is 16.5. The molecule has 0 spiro atoms. The highest BCUT2D eigenvalue weighted by molar-refractivity contribution is 5.81. The van der Waals surface area contributed by atoms with Crippen molar-refractivity contribution < 1.29 is 23.8 Å². The largest absolute Gasteiger partial charge is 0.493 e. The molecule has 0 saturated heterocycles. The monoisotopic (exact) mass is 383 g/mol. The predicted octanol–water partition coefficient (Wildman–Crippen LogP) is 2.68. The minimum atomic E-state index is -0.402. The highest BCUT2D eigenvalue weighted by Gasteiger charge is 2.23. The second kappa shape index (κ2) is 8.78. The minimum absolute atomic E-state index is 0.160. The molecule has 2 aromatic rings. The topological polar surface area (TPSA) is 65.1 Å². The average molecular weight is 383 g/mol. The van der Waals surface area contributed by atoms with Gasteiger partial charge in [-0.05, 0) is 42.2 Å². The maximum Gasteiger partial charge on any atom is 0.310 e. The molecular weight excluding hydrogens is 358 g/mol. The summed E-state index contributed by atoms with van der Waals surface area (Å²) in [5.74, 6) is 0.727. The van der Waals surface area contributed by atoms with Crippen molar-refractivity contribution in [3.05, 3.63) is 58.7 Å². The van der Waals surface area contributed by atoms with Crippen LogP contribution in [-0.4, -0.2) is 44.1 Å². The Morgan fingerprint density at radius 3 is 2.29 bits per heavy atom. The first kappa shape index (κ1) is 19.7. The zero-order chi connectivity index (χ0) is 20.1. The van der Waals surface area contributed by atoms with Crippen LogP contribution in [0.3, 0.4) is 0 Å². The highest BCUT2D eigenvalue weighted by atomic mass is 16.5. The summed E-state index contributed by atoms with van der Waals surface area (Å²) in [7, 11) is 3.19. The molecule has 6 heteroatoms. The number of carbonyl (C=O) groups excluding carboxylic acids is 2. The summed E-state index contributed by atoms with van der Waals surface area (Å²) in [6, 6.07) is 11.5. The van der Waals surface area contributed by atoms with E-state index in [9.17, 15) is 9.59 Å². The van der Waals surface area contributed by atoms with E-state index in [0.29, 0.717) is 24.6 Å². The molecule has 0 aromatic heterocycles. The molecule has 148 valence electrons. The molecule has 0 N–H and O–H groups in total. The van der Waals surface area contributed by atoms with Gasteiger partial charge in [-0.2, -0.15) is 0 Å². The number of methoxy groups -OCH3 is 2. The van der Waals surface area contributed by atoms with E-state index in [1.54, 1.807) is 19.1 Å². The van der Waals surface area contributed by atoms with Gasteiger partial charge >= 0.3 is 5.97 Å². The fraction of sp³-hybridized carbons (Fsp3) is 0.364. The van der Waals surface area contributed by atoms with Crippen LogP contribution in [0.5, 0.6) is 11.5 Å².